The number of nitrogens with one attached hydrogen (secondary N) is 1. The molecule has 0 atom stereocenters. The van der Waals surface area contributed by atoms with Gasteiger partial charge in [0, 0.05) is 11.8 Å². The molecule has 0 fully saturated rings. The Morgan fingerprint density at radius 1 is 1.00 bits per heavy atom. The van der Waals surface area contributed by atoms with Gasteiger partial charge in [0.2, 0.25) is 0 Å². The maximum absolute atomic E-state index is 12.3. The van der Waals surface area contributed by atoms with Crippen molar-refractivity contribution in [3.63, 3.8) is 0 Å². The number of imidazole rings is 1. The Labute approximate surface area is 145 Å². The van der Waals surface area contributed by atoms with Gasteiger partial charge in [0.05, 0.1) is 32.2 Å². The van der Waals surface area contributed by atoms with Crippen molar-refractivity contribution in [3.05, 3.63) is 59.1 Å². The summed E-state index contributed by atoms with van der Waals surface area (Å²) in [5.41, 5.74) is 2.07. The molecule has 0 aliphatic carbocycles. The zero-order chi connectivity index (χ0) is 17.8. The third-order valence-corrected chi connectivity index (χ3v) is 3.84. The number of benzene rings is 2. The lowest BCUT2D eigenvalue weighted by Crippen LogP contribution is -2.13. The number of rotatable bonds is 6. The summed E-state index contributed by atoms with van der Waals surface area (Å²) in [6.07, 6.45) is 1.76. The highest BCUT2D eigenvalue weighted by Gasteiger charge is 2.10. The molecule has 6 heteroatoms. The van der Waals surface area contributed by atoms with Gasteiger partial charge in [0.25, 0.3) is 0 Å². The first-order valence-corrected chi connectivity index (χ1v) is 7.93. The fourth-order valence-corrected chi connectivity index (χ4v) is 2.61. The van der Waals surface area contributed by atoms with Gasteiger partial charge >= 0.3 is 5.69 Å². The van der Waals surface area contributed by atoms with Gasteiger partial charge in [-0.15, -0.1) is 0 Å². The highest BCUT2D eigenvalue weighted by atomic mass is 16.5. The average molecular weight is 340 g/mol. The molecule has 2 aromatic carbocycles. The molecule has 1 heterocycles. The van der Waals surface area contributed by atoms with Crippen LogP contribution in [0, 0.1) is 0 Å². The largest absolute Gasteiger partial charge is 0.494 e. The van der Waals surface area contributed by atoms with Gasteiger partial charge < -0.3 is 19.2 Å². The molecule has 0 saturated carbocycles. The van der Waals surface area contributed by atoms with Crippen LogP contribution in [0.3, 0.4) is 0 Å². The van der Waals surface area contributed by atoms with Crippen molar-refractivity contribution in [2.75, 3.05) is 20.8 Å². The first-order valence-electron chi connectivity index (χ1n) is 7.93. The maximum atomic E-state index is 12.3. The number of hydrogen-bond donors (Lipinski definition) is 1. The summed E-state index contributed by atoms with van der Waals surface area (Å²) < 4.78 is 17.5. The Bertz CT molecular complexity index is 910. The highest BCUT2D eigenvalue weighted by molar-refractivity contribution is 5.64. The normalized spacial score (nSPS) is 10.5. The van der Waals surface area contributed by atoms with Gasteiger partial charge in [0.1, 0.15) is 5.75 Å². The summed E-state index contributed by atoms with van der Waals surface area (Å²) in [6, 6.07) is 12.9. The van der Waals surface area contributed by atoms with Gasteiger partial charge in [-0.25, -0.2) is 4.79 Å². The lowest BCUT2D eigenvalue weighted by Gasteiger charge is -2.08. The standard InChI is InChI=1S/C19H20N2O4/c1-4-25-15-8-6-14(7-9-15)21-12-16(20-19(21)22)13-5-10-17(23-2)18(11-13)24-3/h5-12H,4H2,1-3H3,(H,20,22). The van der Waals surface area contributed by atoms with E-state index in [1.54, 1.807) is 31.0 Å². The summed E-state index contributed by atoms with van der Waals surface area (Å²) in [7, 11) is 3.16. The minimum Gasteiger partial charge on any atom is -0.494 e. The third-order valence-electron chi connectivity index (χ3n) is 3.84. The van der Waals surface area contributed by atoms with Crippen molar-refractivity contribution >= 4 is 0 Å². The number of nitrogens with zero attached hydrogens (tertiary/aromatic N) is 1. The van der Waals surface area contributed by atoms with Crippen LogP contribution in [0.15, 0.2) is 53.5 Å². The van der Waals surface area contributed by atoms with Crippen LogP contribution < -0.4 is 19.9 Å². The average Bonchev–Trinajstić information content (AvgIpc) is 3.03. The SMILES string of the molecule is CCOc1ccc(-n2cc(-c3ccc(OC)c(OC)c3)[nH]c2=O)cc1. The van der Waals surface area contributed by atoms with Gasteiger partial charge in [-0.2, -0.15) is 0 Å². The number of aromatic nitrogens is 2. The van der Waals surface area contributed by atoms with Crippen LogP contribution in [0.4, 0.5) is 0 Å². The number of methoxy groups -OCH3 is 2. The molecule has 0 unspecified atom stereocenters. The van der Waals surface area contributed by atoms with Crippen molar-refractivity contribution in [1.82, 2.24) is 9.55 Å². The Morgan fingerprint density at radius 3 is 2.36 bits per heavy atom. The highest BCUT2D eigenvalue weighted by Crippen LogP contribution is 2.31. The van der Waals surface area contributed by atoms with Gasteiger partial charge in [-0.05, 0) is 49.4 Å². The second kappa shape index (κ2) is 7.17. The Hall–Kier alpha value is -3.15. The Balaban J connectivity index is 1.96. The van der Waals surface area contributed by atoms with E-state index in [0.29, 0.717) is 23.8 Å². The van der Waals surface area contributed by atoms with Crippen LogP contribution in [0.1, 0.15) is 6.92 Å². The molecule has 0 amide bonds. The molecule has 1 N–H and O–H groups in total. The van der Waals surface area contributed by atoms with E-state index in [1.807, 2.05) is 43.3 Å². The van der Waals surface area contributed by atoms with Gasteiger partial charge in [-0.3, -0.25) is 4.57 Å². The van der Waals surface area contributed by atoms with Gasteiger partial charge in [0.15, 0.2) is 11.5 Å². The Morgan fingerprint density at radius 2 is 1.72 bits per heavy atom. The fourth-order valence-electron chi connectivity index (χ4n) is 2.61. The summed E-state index contributed by atoms with van der Waals surface area (Å²) in [4.78, 5) is 15.2. The van der Waals surface area contributed by atoms with E-state index in [4.69, 9.17) is 14.2 Å². The molecule has 25 heavy (non-hydrogen) atoms. The molecule has 6 nitrogen and oxygen atoms in total. The van der Waals surface area contributed by atoms with Gasteiger partial charge in [-0.1, -0.05) is 0 Å². The molecule has 3 rings (SSSR count). The molecule has 1 aromatic heterocycles. The van der Waals surface area contributed by atoms with E-state index in [-0.39, 0.29) is 5.69 Å². The first-order chi connectivity index (χ1) is 12.2. The lowest BCUT2D eigenvalue weighted by molar-refractivity contribution is 0.340. The molecular weight excluding hydrogens is 320 g/mol. The second-order valence-corrected chi connectivity index (χ2v) is 5.34. The zero-order valence-electron chi connectivity index (χ0n) is 14.4. The van der Waals surface area contributed by atoms with Crippen molar-refractivity contribution in [3.8, 4) is 34.2 Å². The second-order valence-electron chi connectivity index (χ2n) is 5.34. The van der Waals surface area contributed by atoms with Crippen LogP contribution in [0.25, 0.3) is 16.9 Å². The van der Waals surface area contributed by atoms with E-state index in [1.165, 1.54) is 0 Å². The van der Waals surface area contributed by atoms with Crippen molar-refractivity contribution < 1.29 is 14.2 Å². The summed E-state index contributed by atoms with van der Waals surface area (Å²) in [5.74, 6) is 2.02. The third kappa shape index (κ3) is 3.38. The smallest absolute Gasteiger partial charge is 0.330 e. The predicted octanol–water partition coefficient (Wildman–Crippen LogP) is 3.25. The zero-order valence-corrected chi connectivity index (χ0v) is 14.4. The molecular formula is C19H20N2O4. The van der Waals surface area contributed by atoms with Crippen molar-refractivity contribution in [2.45, 2.75) is 6.92 Å². The topological polar surface area (TPSA) is 65.5 Å². The predicted molar refractivity (Wildman–Crippen MR) is 96.1 cm³/mol. The molecule has 0 spiro atoms. The van der Waals surface area contributed by atoms with Crippen molar-refractivity contribution in [2.24, 2.45) is 0 Å². The van der Waals surface area contributed by atoms with E-state index in [9.17, 15) is 4.79 Å². The molecule has 130 valence electrons. The number of aromatic amines is 1. The Kier molecular flexibility index (Phi) is 4.79. The molecule has 0 aliphatic heterocycles. The fraction of sp³-hybridized carbons (Fsp3) is 0.211. The molecule has 0 aliphatic rings. The quantitative estimate of drug-likeness (QED) is 0.748. The molecule has 3 aromatic rings. The van der Waals surface area contributed by atoms with E-state index in [2.05, 4.69) is 4.98 Å². The number of ether oxygens (including phenoxy) is 3. The summed E-state index contributed by atoms with van der Waals surface area (Å²) in [5, 5.41) is 0. The van der Waals surface area contributed by atoms with Crippen molar-refractivity contribution in [1.29, 1.82) is 0 Å². The maximum Gasteiger partial charge on any atom is 0.330 e. The van der Waals surface area contributed by atoms with Crippen LogP contribution in [-0.2, 0) is 0 Å². The van der Waals surface area contributed by atoms with E-state index in [0.717, 1.165) is 17.0 Å². The minimum absolute atomic E-state index is 0.214. The number of hydrogen-bond acceptors (Lipinski definition) is 4. The van der Waals surface area contributed by atoms with Crippen LogP contribution in [-0.4, -0.2) is 30.4 Å². The summed E-state index contributed by atoms with van der Waals surface area (Å²) in [6.45, 7) is 2.53. The molecule has 0 radical (unpaired) electrons. The number of H-pyrrole nitrogens is 1. The van der Waals surface area contributed by atoms with E-state index >= 15 is 0 Å². The monoisotopic (exact) mass is 340 g/mol. The minimum atomic E-state index is -0.214. The van der Waals surface area contributed by atoms with Crippen LogP contribution >= 0.6 is 0 Å². The van der Waals surface area contributed by atoms with Crippen LogP contribution in [0.5, 0.6) is 17.2 Å². The lowest BCUT2D eigenvalue weighted by atomic mass is 10.1. The molecule has 0 bridgehead atoms. The molecule has 0 saturated heterocycles. The van der Waals surface area contributed by atoms with Crippen LogP contribution in [0.2, 0.25) is 0 Å². The first kappa shape index (κ1) is 16.7. The summed E-state index contributed by atoms with van der Waals surface area (Å²) >= 11 is 0. The van der Waals surface area contributed by atoms with E-state index < -0.39 is 0 Å².